The standard InChI is InChI=1S/C33H31NO3/c1-2-29(35)23-24-30(34-31(25-15-7-3-8-16-25)26-17-9-4-10-18-26)33(36)37-32(27-19-11-5-12-20-27)28-21-13-6-14-22-28/h3-22,30,32H,2,23-24H2,1H3. The van der Waals surface area contributed by atoms with Crippen LogP contribution in [0.1, 0.15) is 54.5 Å². The third-order valence-electron chi connectivity index (χ3n) is 6.18. The lowest BCUT2D eigenvalue weighted by atomic mass is 10.00. The zero-order valence-electron chi connectivity index (χ0n) is 21.0. The average molecular weight is 490 g/mol. The molecule has 4 rings (SSSR count). The number of esters is 1. The molecule has 4 aromatic carbocycles. The predicted octanol–water partition coefficient (Wildman–Crippen LogP) is 6.98. The molecule has 0 bridgehead atoms. The Balaban J connectivity index is 1.72. The van der Waals surface area contributed by atoms with E-state index in [1.165, 1.54) is 0 Å². The molecule has 0 aromatic heterocycles. The quantitative estimate of drug-likeness (QED) is 0.169. The van der Waals surface area contributed by atoms with E-state index >= 15 is 0 Å². The summed E-state index contributed by atoms with van der Waals surface area (Å²) in [4.78, 5) is 30.9. The van der Waals surface area contributed by atoms with Crippen LogP contribution in [-0.2, 0) is 14.3 Å². The molecule has 1 unspecified atom stereocenters. The lowest BCUT2D eigenvalue weighted by Gasteiger charge is -2.22. The number of carbonyl (C=O) groups excluding carboxylic acids is 2. The third kappa shape index (κ3) is 7.11. The minimum absolute atomic E-state index is 0.0941. The van der Waals surface area contributed by atoms with E-state index in [0.717, 1.165) is 22.3 Å². The second kappa shape index (κ2) is 13.1. The molecule has 0 spiro atoms. The Hall–Kier alpha value is -4.31. The minimum atomic E-state index is -0.833. The second-order valence-electron chi connectivity index (χ2n) is 8.79. The van der Waals surface area contributed by atoms with Crippen LogP contribution >= 0.6 is 0 Å². The lowest BCUT2D eigenvalue weighted by Crippen LogP contribution is -2.27. The summed E-state index contributed by atoms with van der Waals surface area (Å²) in [7, 11) is 0. The van der Waals surface area contributed by atoms with Crippen molar-refractivity contribution in [1.82, 2.24) is 0 Å². The lowest BCUT2D eigenvalue weighted by molar-refractivity contribution is -0.149. The van der Waals surface area contributed by atoms with E-state index < -0.39 is 18.1 Å². The maximum atomic E-state index is 13.8. The van der Waals surface area contributed by atoms with Crippen molar-refractivity contribution in [1.29, 1.82) is 0 Å². The number of ketones is 1. The summed E-state index contributed by atoms with van der Waals surface area (Å²) in [6.07, 6.45) is 0.390. The van der Waals surface area contributed by atoms with Crippen molar-refractivity contribution in [2.24, 2.45) is 4.99 Å². The maximum absolute atomic E-state index is 13.8. The molecule has 4 nitrogen and oxygen atoms in total. The van der Waals surface area contributed by atoms with Crippen LogP contribution < -0.4 is 0 Å². The van der Waals surface area contributed by atoms with Gasteiger partial charge in [0.15, 0.2) is 6.10 Å². The topological polar surface area (TPSA) is 55.7 Å². The number of hydrogen-bond donors (Lipinski definition) is 0. The molecule has 186 valence electrons. The molecule has 0 amide bonds. The average Bonchev–Trinajstić information content (AvgIpc) is 2.97. The maximum Gasteiger partial charge on any atom is 0.331 e. The van der Waals surface area contributed by atoms with Gasteiger partial charge in [0.25, 0.3) is 0 Å². The smallest absolute Gasteiger partial charge is 0.331 e. The van der Waals surface area contributed by atoms with E-state index in [0.29, 0.717) is 12.1 Å². The summed E-state index contributed by atoms with van der Waals surface area (Å²) >= 11 is 0. The van der Waals surface area contributed by atoms with Gasteiger partial charge in [0.05, 0.1) is 5.71 Å². The summed E-state index contributed by atoms with van der Waals surface area (Å²) < 4.78 is 6.17. The van der Waals surface area contributed by atoms with Crippen molar-refractivity contribution in [2.45, 2.75) is 38.3 Å². The summed E-state index contributed by atoms with van der Waals surface area (Å²) in [6, 6.07) is 38.1. The predicted molar refractivity (Wildman–Crippen MR) is 148 cm³/mol. The highest BCUT2D eigenvalue weighted by atomic mass is 16.5. The van der Waals surface area contributed by atoms with Gasteiger partial charge in [0.2, 0.25) is 0 Å². The molecule has 0 heterocycles. The third-order valence-corrected chi connectivity index (χ3v) is 6.18. The van der Waals surface area contributed by atoms with Crippen molar-refractivity contribution in [3.8, 4) is 0 Å². The fourth-order valence-corrected chi connectivity index (χ4v) is 4.15. The summed E-state index contributed by atoms with van der Waals surface area (Å²) in [5.74, 6) is -0.359. The molecule has 0 aliphatic rings. The van der Waals surface area contributed by atoms with Gasteiger partial charge >= 0.3 is 5.97 Å². The van der Waals surface area contributed by atoms with E-state index in [1.54, 1.807) is 0 Å². The highest BCUT2D eigenvalue weighted by Crippen LogP contribution is 2.27. The van der Waals surface area contributed by atoms with Crippen molar-refractivity contribution in [3.63, 3.8) is 0 Å². The van der Waals surface area contributed by atoms with Crippen LogP contribution in [0.25, 0.3) is 0 Å². The first-order chi connectivity index (χ1) is 18.2. The first-order valence-electron chi connectivity index (χ1n) is 12.7. The normalized spacial score (nSPS) is 11.5. The number of benzene rings is 4. The van der Waals surface area contributed by atoms with Crippen molar-refractivity contribution < 1.29 is 14.3 Å². The Bertz CT molecular complexity index is 1220. The number of Topliss-reactive ketones (excluding diaryl/α,β-unsaturated/α-hetero) is 1. The van der Waals surface area contributed by atoms with Crippen LogP contribution in [0.15, 0.2) is 126 Å². The highest BCUT2D eigenvalue weighted by Gasteiger charge is 2.27. The Morgan fingerprint density at radius 3 is 1.54 bits per heavy atom. The van der Waals surface area contributed by atoms with Crippen LogP contribution in [0.3, 0.4) is 0 Å². The van der Waals surface area contributed by atoms with Crippen molar-refractivity contribution in [3.05, 3.63) is 144 Å². The molecular formula is C33H31NO3. The van der Waals surface area contributed by atoms with E-state index in [4.69, 9.17) is 9.73 Å². The van der Waals surface area contributed by atoms with Crippen LogP contribution in [0.4, 0.5) is 0 Å². The highest BCUT2D eigenvalue weighted by molar-refractivity contribution is 6.13. The fraction of sp³-hybridized carbons (Fsp3) is 0.182. The number of rotatable bonds is 11. The van der Waals surface area contributed by atoms with Gasteiger partial charge in [-0.05, 0) is 17.5 Å². The van der Waals surface area contributed by atoms with E-state index in [9.17, 15) is 9.59 Å². The van der Waals surface area contributed by atoms with Crippen LogP contribution in [0, 0.1) is 0 Å². The van der Waals surface area contributed by atoms with Crippen molar-refractivity contribution >= 4 is 17.5 Å². The van der Waals surface area contributed by atoms with Crippen LogP contribution in [0.5, 0.6) is 0 Å². The number of nitrogens with zero attached hydrogens (tertiary/aromatic N) is 1. The summed E-state index contributed by atoms with van der Waals surface area (Å²) in [6.45, 7) is 1.83. The first-order valence-corrected chi connectivity index (χ1v) is 12.7. The number of carbonyl (C=O) groups is 2. The summed E-state index contributed by atoms with van der Waals surface area (Å²) in [5.41, 5.74) is 4.25. The van der Waals surface area contributed by atoms with E-state index in [2.05, 4.69) is 0 Å². The molecule has 0 saturated carbocycles. The van der Waals surface area contributed by atoms with E-state index in [-0.39, 0.29) is 18.6 Å². The Kier molecular flexibility index (Phi) is 9.14. The summed E-state index contributed by atoms with van der Waals surface area (Å²) in [5, 5.41) is 0. The largest absolute Gasteiger partial charge is 0.451 e. The fourth-order valence-electron chi connectivity index (χ4n) is 4.15. The number of ether oxygens (including phenoxy) is 1. The van der Waals surface area contributed by atoms with Gasteiger partial charge < -0.3 is 4.74 Å². The molecule has 4 aromatic rings. The monoisotopic (exact) mass is 489 g/mol. The molecule has 0 aliphatic heterocycles. The van der Waals surface area contributed by atoms with Gasteiger partial charge in [-0.25, -0.2) is 4.79 Å². The van der Waals surface area contributed by atoms with Gasteiger partial charge in [-0.3, -0.25) is 9.79 Å². The Morgan fingerprint density at radius 1 is 0.676 bits per heavy atom. The SMILES string of the molecule is CCC(=O)CCC(N=C(c1ccccc1)c1ccccc1)C(=O)OC(c1ccccc1)c1ccccc1. The Morgan fingerprint density at radius 2 is 1.11 bits per heavy atom. The second-order valence-corrected chi connectivity index (χ2v) is 8.79. The zero-order valence-corrected chi connectivity index (χ0v) is 21.0. The van der Waals surface area contributed by atoms with Crippen molar-refractivity contribution in [2.75, 3.05) is 0 Å². The molecule has 0 fully saturated rings. The molecule has 37 heavy (non-hydrogen) atoms. The van der Waals surface area contributed by atoms with Gasteiger partial charge in [0.1, 0.15) is 11.8 Å². The number of aliphatic imine (C=N–C) groups is 1. The first kappa shape index (κ1) is 25.8. The zero-order chi connectivity index (χ0) is 25.9. The molecule has 0 saturated heterocycles. The van der Waals surface area contributed by atoms with Crippen LogP contribution in [0.2, 0.25) is 0 Å². The minimum Gasteiger partial charge on any atom is -0.451 e. The Labute approximate surface area is 218 Å². The molecular weight excluding hydrogens is 458 g/mol. The van der Waals surface area contributed by atoms with E-state index in [1.807, 2.05) is 128 Å². The van der Waals surface area contributed by atoms with Gasteiger partial charge in [0, 0.05) is 24.0 Å². The molecule has 0 N–H and O–H groups in total. The van der Waals surface area contributed by atoms with Gasteiger partial charge in [-0.2, -0.15) is 0 Å². The number of hydrogen-bond acceptors (Lipinski definition) is 4. The van der Waals surface area contributed by atoms with Gasteiger partial charge in [-0.15, -0.1) is 0 Å². The molecule has 1 atom stereocenters. The van der Waals surface area contributed by atoms with Gasteiger partial charge in [-0.1, -0.05) is 128 Å². The molecule has 4 heteroatoms. The van der Waals surface area contributed by atoms with Crippen LogP contribution in [-0.4, -0.2) is 23.5 Å². The molecule has 0 aliphatic carbocycles. The molecule has 0 radical (unpaired) electrons.